The first-order chi connectivity index (χ1) is 8.10. The lowest BCUT2D eigenvalue weighted by Crippen LogP contribution is -2.14. The van der Waals surface area contributed by atoms with Gasteiger partial charge in [0, 0.05) is 18.4 Å². The summed E-state index contributed by atoms with van der Waals surface area (Å²) >= 11 is 0. The van der Waals surface area contributed by atoms with E-state index in [9.17, 15) is 0 Å². The Hall–Kier alpha value is -1.82. The van der Waals surface area contributed by atoms with Gasteiger partial charge < -0.3 is 15.1 Å². The summed E-state index contributed by atoms with van der Waals surface area (Å²) in [6.07, 6.45) is 6.59. The van der Waals surface area contributed by atoms with E-state index in [4.69, 9.17) is 5.84 Å². The Morgan fingerprint density at radius 3 is 2.94 bits per heavy atom. The SMILES string of the molecule is CC1(C)CC1Nc1nc(NN)cn2ccnc12. The summed E-state index contributed by atoms with van der Waals surface area (Å²) in [7, 11) is 0. The number of nitrogens with one attached hydrogen (secondary N) is 2. The van der Waals surface area contributed by atoms with Crippen molar-refractivity contribution >= 4 is 17.3 Å². The van der Waals surface area contributed by atoms with Crippen LogP contribution in [-0.2, 0) is 0 Å². The average molecular weight is 232 g/mol. The monoisotopic (exact) mass is 232 g/mol. The summed E-state index contributed by atoms with van der Waals surface area (Å²) in [6, 6.07) is 0.462. The van der Waals surface area contributed by atoms with Gasteiger partial charge in [-0.15, -0.1) is 0 Å². The Kier molecular flexibility index (Phi) is 2.03. The van der Waals surface area contributed by atoms with E-state index >= 15 is 0 Å². The van der Waals surface area contributed by atoms with Crippen molar-refractivity contribution in [2.24, 2.45) is 11.3 Å². The van der Waals surface area contributed by atoms with E-state index in [1.54, 1.807) is 6.20 Å². The molecule has 0 saturated heterocycles. The second kappa shape index (κ2) is 3.33. The van der Waals surface area contributed by atoms with Gasteiger partial charge in [-0.2, -0.15) is 0 Å². The summed E-state index contributed by atoms with van der Waals surface area (Å²) < 4.78 is 1.90. The van der Waals surface area contributed by atoms with Crippen LogP contribution in [-0.4, -0.2) is 20.4 Å². The molecular weight excluding hydrogens is 216 g/mol. The second-order valence-corrected chi connectivity index (χ2v) is 5.17. The molecule has 1 atom stereocenters. The first-order valence-corrected chi connectivity index (χ1v) is 5.67. The van der Waals surface area contributed by atoms with Crippen LogP contribution in [0.3, 0.4) is 0 Å². The van der Waals surface area contributed by atoms with Crippen LogP contribution in [0.4, 0.5) is 11.6 Å². The number of hydrazine groups is 1. The number of imidazole rings is 1. The van der Waals surface area contributed by atoms with Crippen molar-refractivity contribution < 1.29 is 0 Å². The predicted octanol–water partition coefficient (Wildman–Crippen LogP) is 1.23. The van der Waals surface area contributed by atoms with Gasteiger partial charge in [-0.3, -0.25) is 0 Å². The van der Waals surface area contributed by atoms with E-state index in [1.807, 2.05) is 16.8 Å². The molecule has 6 heteroatoms. The molecule has 0 aliphatic heterocycles. The number of nitrogens with zero attached hydrogens (tertiary/aromatic N) is 3. The number of anilines is 2. The fourth-order valence-corrected chi connectivity index (χ4v) is 1.98. The van der Waals surface area contributed by atoms with Crippen LogP contribution in [0.5, 0.6) is 0 Å². The standard InChI is InChI=1S/C11H16N6/c1-11(2)5-7(11)14-9-10-13-3-4-17(10)6-8(15-9)16-12/h3-4,6-7,16H,5,12H2,1-2H3,(H,14,15). The molecule has 2 aromatic heterocycles. The molecule has 1 fully saturated rings. The van der Waals surface area contributed by atoms with E-state index in [-0.39, 0.29) is 0 Å². The van der Waals surface area contributed by atoms with Gasteiger partial charge in [0.25, 0.3) is 0 Å². The number of aromatic nitrogens is 3. The zero-order valence-corrected chi connectivity index (χ0v) is 9.94. The maximum absolute atomic E-state index is 5.40. The maximum atomic E-state index is 5.40. The van der Waals surface area contributed by atoms with Gasteiger partial charge in [0.05, 0.1) is 6.20 Å². The van der Waals surface area contributed by atoms with E-state index in [0.717, 1.165) is 17.9 Å². The summed E-state index contributed by atoms with van der Waals surface area (Å²) in [5, 5.41) is 3.42. The number of hydrogen-bond donors (Lipinski definition) is 3. The molecule has 3 rings (SSSR count). The second-order valence-electron chi connectivity index (χ2n) is 5.17. The van der Waals surface area contributed by atoms with Gasteiger partial charge in [-0.25, -0.2) is 15.8 Å². The third-order valence-electron chi connectivity index (χ3n) is 3.35. The van der Waals surface area contributed by atoms with Gasteiger partial charge in [0.15, 0.2) is 17.3 Å². The first kappa shape index (κ1) is 10.3. The highest BCUT2D eigenvalue weighted by atomic mass is 15.3. The lowest BCUT2D eigenvalue weighted by Gasteiger charge is -2.10. The molecule has 0 radical (unpaired) electrons. The Morgan fingerprint density at radius 1 is 1.53 bits per heavy atom. The molecule has 6 nitrogen and oxygen atoms in total. The van der Waals surface area contributed by atoms with Crippen LogP contribution in [0, 0.1) is 5.41 Å². The van der Waals surface area contributed by atoms with E-state index in [1.165, 1.54) is 0 Å². The van der Waals surface area contributed by atoms with Crippen molar-refractivity contribution in [3.63, 3.8) is 0 Å². The minimum Gasteiger partial charge on any atom is -0.364 e. The number of nitrogen functional groups attached to an aromatic ring is 1. The highest BCUT2D eigenvalue weighted by molar-refractivity contribution is 5.66. The van der Waals surface area contributed by atoms with E-state index < -0.39 is 0 Å². The Morgan fingerprint density at radius 2 is 2.29 bits per heavy atom. The number of rotatable bonds is 3. The highest BCUT2D eigenvalue weighted by Gasteiger charge is 2.46. The highest BCUT2D eigenvalue weighted by Crippen LogP contribution is 2.46. The van der Waals surface area contributed by atoms with E-state index in [2.05, 4.69) is 34.6 Å². The lowest BCUT2D eigenvalue weighted by molar-refractivity contribution is 0.630. The molecular formula is C11H16N6. The van der Waals surface area contributed by atoms with Crippen LogP contribution in [0.25, 0.3) is 5.65 Å². The van der Waals surface area contributed by atoms with Gasteiger partial charge in [0.1, 0.15) is 0 Å². The molecule has 17 heavy (non-hydrogen) atoms. The summed E-state index contributed by atoms with van der Waals surface area (Å²) in [6.45, 7) is 4.47. The van der Waals surface area contributed by atoms with Crippen molar-refractivity contribution in [3.8, 4) is 0 Å². The summed E-state index contributed by atoms with van der Waals surface area (Å²) in [5.74, 6) is 6.80. The smallest absolute Gasteiger partial charge is 0.180 e. The molecule has 0 spiro atoms. The van der Waals surface area contributed by atoms with Crippen LogP contribution < -0.4 is 16.6 Å². The number of fused-ring (bicyclic) bond motifs is 1. The first-order valence-electron chi connectivity index (χ1n) is 5.67. The Bertz CT molecular complexity index is 558. The van der Waals surface area contributed by atoms with Crippen LogP contribution in [0.1, 0.15) is 20.3 Å². The lowest BCUT2D eigenvalue weighted by atomic mass is 10.2. The minimum atomic E-state index is 0.345. The van der Waals surface area contributed by atoms with Crippen LogP contribution in [0.15, 0.2) is 18.6 Å². The fourth-order valence-electron chi connectivity index (χ4n) is 1.98. The quantitative estimate of drug-likeness (QED) is 0.548. The van der Waals surface area contributed by atoms with Gasteiger partial charge in [-0.05, 0) is 11.8 Å². The molecule has 1 aliphatic rings. The molecule has 1 saturated carbocycles. The third-order valence-corrected chi connectivity index (χ3v) is 3.35. The van der Waals surface area contributed by atoms with Gasteiger partial charge in [-0.1, -0.05) is 13.8 Å². The summed E-state index contributed by atoms with van der Waals surface area (Å²) in [5.41, 5.74) is 3.73. The average Bonchev–Trinajstić information content (AvgIpc) is 2.74. The zero-order valence-electron chi connectivity index (χ0n) is 9.94. The van der Waals surface area contributed by atoms with Gasteiger partial charge in [0.2, 0.25) is 0 Å². The predicted molar refractivity (Wildman–Crippen MR) is 66.6 cm³/mol. The summed E-state index contributed by atoms with van der Waals surface area (Å²) in [4.78, 5) is 8.70. The molecule has 1 unspecified atom stereocenters. The van der Waals surface area contributed by atoms with Crippen LogP contribution >= 0.6 is 0 Å². The van der Waals surface area contributed by atoms with E-state index in [0.29, 0.717) is 17.3 Å². The van der Waals surface area contributed by atoms with Crippen molar-refractivity contribution in [1.29, 1.82) is 0 Å². The Labute approximate surface area is 99.2 Å². The topological polar surface area (TPSA) is 80.3 Å². The van der Waals surface area contributed by atoms with Gasteiger partial charge >= 0.3 is 0 Å². The van der Waals surface area contributed by atoms with Crippen molar-refractivity contribution in [2.45, 2.75) is 26.3 Å². The molecule has 2 heterocycles. The maximum Gasteiger partial charge on any atom is 0.180 e. The number of hydrogen-bond acceptors (Lipinski definition) is 5. The third kappa shape index (κ3) is 1.70. The molecule has 90 valence electrons. The largest absolute Gasteiger partial charge is 0.364 e. The molecule has 1 aliphatic carbocycles. The molecule has 0 bridgehead atoms. The normalized spacial score (nSPS) is 21.5. The molecule has 2 aromatic rings. The minimum absolute atomic E-state index is 0.345. The zero-order chi connectivity index (χ0) is 12.0. The van der Waals surface area contributed by atoms with Crippen LogP contribution in [0.2, 0.25) is 0 Å². The molecule has 0 amide bonds. The Balaban J connectivity index is 1.99. The molecule has 0 aromatic carbocycles. The molecule has 4 N–H and O–H groups in total. The number of nitrogens with two attached hydrogens (primary N) is 1. The van der Waals surface area contributed by atoms with Crippen molar-refractivity contribution in [1.82, 2.24) is 14.4 Å². The van der Waals surface area contributed by atoms with Crippen molar-refractivity contribution in [2.75, 3.05) is 10.7 Å². The fraction of sp³-hybridized carbons (Fsp3) is 0.455. The van der Waals surface area contributed by atoms with Crippen molar-refractivity contribution in [3.05, 3.63) is 18.6 Å².